The van der Waals surface area contributed by atoms with Gasteiger partial charge in [-0.3, -0.25) is 9.59 Å². The summed E-state index contributed by atoms with van der Waals surface area (Å²) in [5.41, 5.74) is 0.0734. The van der Waals surface area contributed by atoms with Crippen LogP contribution in [0.2, 0.25) is 10.0 Å². The van der Waals surface area contributed by atoms with Gasteiger partial charge >= 0.3 is 0 Å². The molecule has 2 amide bonds. The molecule has 0 N–H and O–H groups in total. The zero-order chi connectivity index (χ0) is 20.8. The van der Waals surface area contributed by atoms with Gasteiger partial charge in [-0.05, 0) is 36.4 Å². The number of carbonyl (C=O) groups excluding carboxylic acids is 2. The number of hydrogen-bond donors (Lipinski definition) is 0. The molecule has 29 heavy (non-hydrogen) atoms. The molecule has 2 heterocycles. The maximum absolute atomic E-state index is 13.2. The van der Waals surface area contributed by atoms with E-state index in [0.29, 0.717) is 33.5 Å². The average molecular weight is 435 g/mol. The molecule has 150 valence electrons. The molecule has 0 bridgehead atoms. The molecule has 0 aliphatic carbocycles. The van der Waals surface area contributed by atoms with Crippen molar-refractivity contribution in [1.82, 2.24) is 0 Å². The van der Waals surface area contributed by atoms with Gasteiger partial charge < -0.3 is 14.3 Å². The van der Waals surface area contributed by atoms with E-state index in [1.807, 2.05) is 0 Å². The highest BCUT2D eigenvalue weighted by atomic mass is 35.5. The average Bonchev–Trinajstić information content (AvgIpc) is 3.25. The van der Waals surface area contributed by atoms with Gasteiger partial charge in [0.1, 0.15) is 11.5 Å². The second-order valence-electron chi connectivity index (χ2n) is 6.68. The van der Waals surface area contributed by atoms with Crippen LogP contribution in [0.4, 0.5) is 5.69 Å². The topological polar surface area (TPSA) is 77.4 Å². The van der Waals surface area contributed by atoms with Gasteiger partial charge in [-0.2, -0.15) is 0 Å². The highest BCUT2D eigenvalue weighted by Gasteiger charge is 2.58. The summed E-state index contributed by atoms with van der Waals surface area (Å²) in [5.74, 6) is 0.267. The van der Waals surface area contributed by atoms with Crippen LogP contribution in [0.25, 0.3) is 0 Å². The predicted octanol–water partition coefficient (Wildman–Crippen LogP) is 3.84. The lowest BCUT2D eigenvalue weighted by atomic mass is 9.92. The van der Waals surface area contributed by atoms with Crippen molar-refractivity contribution in [3.05, 3.63) is 52.0 Å². The maximum Gasteiger partial charge on any atom is 0.281 e. The van der Waals surface area contributed by atoms with Crippen molar-refractivity contribution in [2.45, 2.75) is 18.4 Å². The molecule has 7 nitrogen and oxygen atoms in total. The van der Waals surface area contributed by atoms with Crippen LogP contribution in [0.5, 0.6) is 11.5 Å². The summed E-state index contributed by atoms with van der Waals surface area (Å²) in [7, 11) is 3.09. The summed E-state index contributed by atoms with van der Waals surface area (Å²) in [5, 5.41) is 4.68. The fourth-order valence-corrected chi connectivity index (χ4v) is 3.76. The van der Waals surface area contributed by atoms with Crippen molar-refractivity contribution in [2.24, 2.45) is 5.16 Å². The van der Waals surface area contributed by atoms with E-state index in [-0.39, 0.29) is 17.9 Å². The molecule has 2 aliphatic rings. The zero-order valence-corrected chi connectivity index (χ0v) is 17.1. The Bertz CT molecular complexity index is 1060. The summed E-state index contributed by atoms with van der Waals surface area (Å²) < 4.78 is 10.7. The van der Waals surface area contributed by atoms with E-state index in [1.54, 1.807) is 31.4 Å². The van der Waals surface area contributed by atoms with E-state index in [4.69, 9.17) is 37.5 Å². The number of benzene rings is 2. The molecule has 2 aromatic carbocycles. The number of rotatable bonds is 4. The normalized spacial score (nSPS) is 20.8. The molecule has 1 atom stereocenters. The molecule has 0 radical (unpaired) electrons. The Hall–Kier alpha value is -2.77. The largest absolute Gasteiger partial charge is 0.497 e. The molecule has 1 fully saturated rings. The molecular formula is C20H16Cl2N2O5. The van der Waals surface area contributed by atoms with Crippen molar-refractivity contribution in [3.63, 3.8) is 0 Å². The fourth-order valence-electron chi connectivity index (χ4n) is 3.47. The molecular weight excluding hydrogens is 419 g/mol. The molecule has 4 rings (SSSR count). The third-order valence-electron chi connectivity index (χ3n) is 4.94. The summed E-state index contributed by atoms with van der Waals surface area (Å²) in [4.78, 5) is 32.4. The lowest BCUT2D eigenvalue weighted by Crippen LogP contribution is -2.40. The van der Waals surface area contributed by atoms with Crippen molar-refractivity contribution >= 4 is 46.4 Å². The number of ether oxygens (including phenoxy) is 2. The van der Waals surface area contributed by atoms with Gasteiger partial charge in [-0.25, -0.2) is 4.90 Å². The highest BCUT2D eigenvalue weighted by molar-refractivity contribution is 6.42. The van der Waals surface area contributed by atoms with Crippen molar-refractivity contribution in [1.29, 1.82) is 0 Å². The third-order valence-corrected chi connectivity index (χ3v) is 5.68. The Morgan fingerprint density at radius 1 is 1.03 bits per heavy atom. The van der Waals surface area contributed by atoms with Crippen molar-refractivity contribution in [2.75, 3.05) is 19.1 Å². The number of hydrogen-bond acceptors (Lipinski definition) is 6. The first-order valence-electron chi connectivity index (χ1n) is 8.68. The van der Waals surface area contributed by atoms with Crippen LogP contribution in [0.3, 0.4) is 0 Å². The van der Waals surface area contributed by atoms with E-state index in [1.165, 1.54) is 19.2 Å². The Morgan fingerprint density at radius 2 is 1.83 bits per heavy atom. The lowest BCUT2D eigenvalue weighted by Gasteiger charge is -2.19. The SMILES string of the molecule is COc1ccc(OC)c(C2=NOC3(CC(=O)N(c4ccc(Cl)c(Cl)c4)C3=O)C2)c1. The van der Waals surface area contributed by atoms with Gasteiger partial charge in [0.2, 0.25) is 11.5 Å². The number of nitrogens with zero attached hydrogens (tertiary/aromatic N) is 2. The number of amides is 2. The molecule has 9 heteroatoms. The Balaban J connectivity index is 1.64. The Kier molecular flexibility index (Phi) is 4.88. The summed E-state index contributed by atoms with van der Waals surface area (Å²) >= 11 is 12.0. The molecule has 1 unspecified atom stereocenters. The predicted molar refractivity (Wildman–Crippen MR) is 108 cm³/mol. The van der Waals surface area contributed by atoms with Gasteiger partial charge in [-0.15, -0.1) is 0 Å². The maximum atomic E-state index is 13.2. The number of anilines is 1. The zero-order valence-electron chi connectivity index (χ0n) is 15.6. The standard InChI is InChI=1S/C20H16Cl2N2O5/c1-27-12-4-6-17(28-2)13(8-12)16-9-20(29-23-16)10-18(25)24(19(20)26)11-3-5-14(21)15(22)7-11/h3-8H,9-10H2,1-2H3. The smallest absolute Gasteiger partial charge is 0.281 e. The van der Waals surface area contributed by atoms with Crippen LogP contribution >= 0.6 is 23.2 Å². The highest BCUT2D eigenvalue weighted by Crippen LogP contribution is 2.41. The van der Waals surface area contributed by atoms with E-state index < -0.39 is 17.4 Å². The fraction of sp³-hybridized carbons (Fsp3) is 0.250. The van der Waals surface area contributed by atoms with Crippen LogP contribution in [0, 0.1) is 0 Å². The number of carbonyl (C=O) groups is 2. The second-order valence-corrected chi connectivity index (χ2v) is 7.49. The van der Waals surface area contributed by atoms with E-state index >= 15 is 0 Å². The van der Waals surface area contributed by atoms with Gasteiger partial charge in [0.05, 0.1) is 42.1 Å². The van der Waals surface area contributed by atoms with Crippen LogP contribution in [0.15, 0.2) is 41.6 Å². The van der Waals surface area contributed by atoms with Crippen LogP contribution in [-0.4, -0.2) is 37.3 Å². The molecule has 1 saturated heterocycles. The first-order chi connectivity index (χ1) is 13.9. The van der Waals surface area contributed by atoms with Gasteiger partial charge in [0.15, 0.2) is 0 Å². The lowest BCUT2D eigenvalue weighted by molar-refractivity contribution is -0.136. The Morgan fingerprint density at radius 3 is 2.52 bits per heavy atom. The summed E-state index contributed by atoms with van der Waals surface area (Å²) in [6.45, 7) is 0. The minimum atomic E-state index is -1.40. The molecule has 0 saturated carbocycles. The minimum absolute atomic E-state index is 0.124. The van der Waals surface area contributed by atoms with Crippen LogP contribution in [-0.2, 0) is 14.4 Å². The monoisotopic (exact) mass is 434 g/mol. The molecule has 0 aromatic heterocycles. The number of oxime groups is 1. The molecule has 2 aromatic rings. The van der Waals surface area contributed by atoms with Gasteiger partial charge in [0.25, 0.3) is 5.91 Å². The van der Waals surface area contributed by atoms with Crippen LogP contribution < -0.4 is 14.4 Å². The number of imide groups is 1. The first kappa shape index (κ1) is 19.5. The molecule has 1 spiro atoms. The quantitative estimate of drug-likeness (QED) is 0.683. The number of halogens is 2. The van der Waals surface area contributed by atoms with E-state index in [9.17, 15) is 9.59 Å². The van der Waals surface area contributed by atoms with Crippen molar-refractivity contribution < 1.29 is 23.9 Å². The molecule has 2 aliphatic heterocycles. The third kappa shape index (κ3) is 3.20. The minimum Gasteiger partial charge on any atom is -0.497 e. The first-order valence-corrected chi connectivity index (χ1v) is 9.44. The number of methoxy groups -OCH3 is 2. The van der Waals surface area contributed by atoms with E-state index in [0.717, 1.165) is 4.90 Å². The Labute approximate surface area is 176 Å². The summed E-state index contributed by atoms with van der Waals surface area (Å²) in [6, 6.07) is 9.81. The van der Waals surface area contributed by atoms with Gasteiger partial charge in [-0.1, -0.05) is 28.4 Å². The second kappa shape index (κ2) is 7.24. The summed E-state index contributed by atoms with van der Waals surface area (Å²) in [6.07, 6.45) is -0.00964. The van der Waals surface area contributed by atoms with Gasteiger partial charge in [0, 0.05) is 12.0 Å². The van der Waals surface area contributed by atoms with E-state index in [2.05, 4.69) is 5.16 Å². The van der Waals surface area contributed by atoms with Crippen LogP contribution in [0.1, 0.15) is 18.4 Å². The van der Waals surface area contributed by atoms with Crippen molar-refractivity contribution in [3.8, 4) is 11.5 Å².